The Bertz CT molecular complexity index is 1180. The lowest BCUT2D eigenvalue weighted by Crippen LogP contribution is -2.19. The lowest BCUT2D eigenvalue weighted by molar-refractivity contribution is 0.146. The maximum atomic E-state index is 11.6. The quantitative estimate of drug-likeness (QED) is 0.527. The summed E-state index contributed by atoms with van der Waals surface area (Å²) in [7, 11) is -2.11. The molecule has 166 valence electrons. The summed E-state index contributed by atoms with van der Waals surface area (Å²) in [5.41, 5.74) is 3.88. The zero-order valence-electron chi connectivity index (χ0n) is 17.7. The summed E-state index contributed by atoms with van der Waals surface area (Å²) in [5, 5.41) is 12.1. The van der Waals surface area contributed by atoms with E-state index in [1.807, 2.05) is 59.6 Å². The molecule has 0 fully saturated rings. The number of ether oxygens (including phenoxy) is 2. The second-order valence-corrected chi connectivity index (χ2v) is 8.99. The summed E-state index contributed by atoms with van der Waals surface area (Å²) in [4.78, 5) is 0.0711. The minimum absolute atomic E-state index is 0.0430. The van der Waals surface area contributed by atoms with Gasteiger partial charge in [-0.05, 0) is 47.5 Å². The number of nitrogens with two attached hydrogens (primary N) is 1. The van der Waals surface area contributed by atoms with E-state index in [0.717, 1.165) is 28.3 Å². The van der Waals surface area contributed by atoms with Crippen LogP contribution in [0.15, 0.2) is 88.9 Å². The number of rotatable bonds is 8. The fourth-order valence-corrected chi connectivity index (χ4v) is 4.15. The van der Waals surface area contributed by atoms with E-state index in [1.54, 1.807) is 19.2 Å². The Kier molecular flexibility index (Phi) is 6.55. The van der Waals surface area contributed by atoms with Crippen molar-refractivity contribution in [3.8, 4) is 5.75 Å². The highest BCUT2D eigenvalue weighted by atomic mass is 32.2. The van der Waals surface area contributed by atoms with E-state index >= 15 is 0 Å². The predicted molar refractivity (Wildman–Crippen MR) is 124 cm³/mol. The zero-order chi connectivity index (χ0) is 22.6. The molecule has 3 aromatic rings. The number of methoxy groups -OCH3 is 1. The molecular weight excluding hydrogens is 426 g/mol. The van der Waals surface area contributed by atoms with Crippen LogP contribution in [0.25, 0.3) is 0 Å². The van der Waals surface area contributed by atoms with Crippen LogP contribution in [0.5, 0.6) is 5.75 Å². The fourth-order valence-electron chi connectivity index (χ4n) is 3.63. The first kappa shape index (κ1) is 22.0. The molecule has 2 N–H and O–H groups in total. The normalized spacial score (nSPS) is 16.1. The number of benzene rings is 3. The molecule has 0 spiro atoms. The molecule has 0 bridgehead atoms. The summed E-state index contributed by atoms with van der Waals surface area (Å²) < 4.78 is 34.0. The van der Waals surface area contributed by atoms with Crippen molar-refractivity contribution in [1.82, 2.24) is 0 Å². The zero-order valence-corrected chi connectivity index (χ0v) is 18.5. The van der Waals surface area contributed by atoms with Crippen molar-refractivity contribution in [3.63, 3.8) is 0 Å². The van der Waals surface area contributed by atoms with Crippen LogP contribution in [-0.4, -0.2) is 34.5 Å². The van der Waals surface area contributed by atoms with Gasteiger partial charge in [-0.1, -0.05) is 42.5 Å². The van der Waals surface area contributed by atoms with E-state index in [-0.39, 0.29) is 10.9 Å². The van der Waals surface area contributed by atoms with E-state index in [2.05, 4.69) is 0 Å². The van der Waals surface area contributed by atoms with Gasteiger partial charge in [0, 0.05) is 13.5 Å². The molecule has 32 heavy (non-hydrogen) atoms. The van der Waals surface area contributed by atoms with Crippen LogP contribution >= 0.6 is 0 Å². The van der Waals surface area contributed by atoms with Gasteiger partial charge >= 0.3 is 0 Å². The van der Waals surface area contributed by atoms with Gasteiger partial charge in [0.2, 0.25) is 10.0 Å². The first-order chi connectivity index (χ1) is 15.5. The monoisotopic (exact) mass is 451 g/mol. The molecule has 0 aliphatic carbocycles. The molecule has 8 heteroatoms. The summed E-state index contributed by atoms with van der Waals surface area (Å²) in [6.45, 7) is 1.02. The fraction of sp³-hybridized carbons (Fsp3) is 0.208. The average Bonchev–Trinajstić information content (AvgIpc) is 3.25. The standard InChI is InChI=1S/C24H25N3O4S/c1-30-15-16-31-21-11-7-19(8-12-21)24-17-23(18-5-3-2-4-6-18)26-27(24)20-9-13-22(14-10-20)32(25,28)29/h2-14,24H,15-17H2,1H3,(H2,25,28,29). The highest BCUT2D eigenvalue weighted by Gasteiger charge is 2.30. The van der Waals surface area contributed by atoms with Gasteiger partial charge in [0.05, 0.1) is 28.9 Å². The van der Waals surface area contributed by atoms with Crippen molar-refractivity contribution in [2.24, 2.45) is 10.2 Å². The summed E-state index contributed by atoms with van der Waals surface area (Å²) in [6.07, 6.45) is 0.713. The molecular formula is C24H25N3O4S. The number of sulfonamides is 1. The molecule has 0 saturated heterocycles. The van der Waals surface area contributed by atoms with E-state index in [1.165, 1.54) is 12.1 Å². The van der Waals surface area contributed by atoms with Crippen LogP contribution in [0.2, 0.25) is 0 Å². The van der Waals surface area contributed by atoms with Crippen LogP contribution < -0.4 is 14.9 Å². The van der Waals surface area contributed by atoms with Crippen LogP contribution in [0.3, 0.4) is 0 Å². The van der Waals surface area contributed by atoms with Gasteiger partial charge in [-0.25, -0.2) is 13.6 Å². The molecule has 0 radical (unpaired) electrons. The summed E-state index contributed by atoms with van der Waals surface area (Å²) >= 11 is 0. The van der Waals surface area contributed by atoms with Gasteiger partial charge < -0.3 is 9.47 Å². The maximum Gasteiger partial charge on any atom is 0.238 e. The SMILES string of the molecule is COCCOc1ccc(C2CC(c3ccccc3)=NN2c2ccc(S(N)(=O)=O)cc2)cc1. The number of hydrogen-bond acceptors (Lipinski definition) is 6. The lowest BCUT2D eigenvalue weighted by atomic mass is 9.98. The Morgan fingerprint density at radius 3 is 2.28 bits per heavy atom. The molecule has 3 aromatic carbocycles. The van der Waals surface area contributed by atoms with Gasteiger partial charge in [0.1, 0.15) is 12.4 Å². The molecule has 1 aliphatic rings. The molecule has 0 saturated carbocycles. The highest BCUT2D eigenvalue weighted by Crippen LogP contribution is 2.37. The van der Waals surface area contributed by atoms with Crippen molar-refractivity contribution >= 4 is 21.4 Å². The van der Waals surface area contributed by atoms with Crippen molar-refractivity contribution in [3.05, 3.63) is 90.0 Å². The minimum atomic E-state index is -3.75. The third-order valence-corrected chi connectivity index (χ3v) is 6.20. The van der Waals surface area contributed by atoms with Crippen molar-refractivity contribution in [2.75, 3.05) is 25.3 Å². The Balaban J connectivity index is 1.64. The molecule has 4 rings (SSSR count). The van der Waals surface area contributed by atoms with Gasteiger partial charge in [0.15, 0.2) is 0 Å². The second kappa shape index (κ2) is 9.52. The highest BCUT2D eigenvalue weighted by molar-refractivity contribution is 7.89. The number of primary sulfonamides is 1. The third-order valence-electron chi connectivity index (χ3n) is 5.27. The Morgan fingerprint density at radius 2 is 1.66 bits per heavy atom. The molecule has 1 unspecified atom stereocenters. The van der Waals surface area contributed by atoms with E-state index in [0.29, 0.717) is 19.6 Å². The minimum Gasteiger partial charge on any atom is -0.491 e. The van der Waals surface area contributed by atoms with E-state index < -0.39 is 10.0 Å². The van der Waals surface area contributed by atoms with E-state index in [9.17, 15) is 8.42 Å². The smallest absolute Gasteiger partial charge is 0.238 e. The number of nitrogens with zero attached hydrogens (tertiary/aromatic N) is 2. The van der Waals surface area contributed by atoms with Crippen LogP contribution in [0.1, 0.15) is 23.6 Å². The number of anilines is 1. The Labute approximate surface area is 188 Å². The second-order valence-electron chi connectivity index (χ2n) is 7.43. The van der Waals surface area contributed by atoms with E-state index in [4.69, 9.17) is 19.7 Å². The predicted octanol–water partition coefficient (Wildman–Crippen LogP) is 3.71. The largest absolute Gasteiger partial charge is 0.491 e. The average molecular weight is 452 g/mol. The van der Waals surface area contributed by atoms with Gasteiger partial charge in [-0.2, -0.15) is 5.10 Å². The molecule has 0 aromatic heterocycles. The first-order valence-corrected chi connectivity index (χ1v) is 11.8. The molecule has 1 heterocycles. The topological polar surface area (TPSA) is 94.2 Å². The molecule has 7 nitrogen and oxygen atoms in total. The van der Waals surface area contributed by atoms with Crippen molar-refractivity contribution in [1.29, 1.82) is 0 Å². The maximum absolute atomic E-state index is 11.6. The number of hydrazone groups is 1. The van der Waals surface area contributed by atoms with Crippen LogP contribution in [0.4, 0.5) is 5.69 Å². The van der Waals surface area contributed by atoms with Crippen molar-refractivity contribution < 1.29 is 17.9 Å². The Hall–Kier alpha value is -3.20. The van der Waals surface area contributed by atoms with Gasteiger partial charge in [-0.3, -0.25) is 5.01 Å². The summed E-state index contributed by atoms with van der Waals surface area (Å²) in [5.74, 6) is 0.775. The third kappa shape index (κ3) is 4.99. The lowest BCUT2D eigenvalue weighted by Gasteiger charge is -2.24. The molecule has 1 aliphatic heterocycles. The van der Waals surface area contributed by atoms with Crippen LogP contribution in [-0.2, 0) is 14.8 Å². The van der Waals surface area contributed by atoms with Crippen molar-refractivity contribution in [2.45, 2.75) is 17.4 Å². The Morgan fingerprint density at radius 1 is 0.969 bits per heavy atom. The van der Waals surface area contributed by atoms with Crippen LogP contribution in [0, 0.1) is 0 Å². The molecule has 1 atom stereocenters. The summed E-state index contributed by atoms with van der Waals surface area (Å²) in [6, 6.07) is 24.4. The van der Waals surface area contributed by atoms with Gasteiger partial charge in [-0.15, -0.1) is 0 Å². The van der Waals surface area contributed by atoms with Gasteiger partial charge in [0.25, 0.3) is 0 Å². The molecule has 0 amide bonds. The number of hydrogen-bond donors (Lipinski definition) is 1. The first-order valence-electron chi connectivity index (χ1n) is 10.2.